The highest BCUT2D eigenvalue weighted by atomic mass is 19.1. The third-order valence-corrected chi connectivity index (χ3v) is 4.45. The fraction of sp³-hybridized carbons (Fsp3) is 0.562. The molecule has 1 aliphatic rings. The van der Waals surface area contributed by atoms with Gasteiger partial charge in [-0.3, -0.25) is 0 Å². The fourth-order valence-corrected chi connectivity index (χ4v) is 2.72. The van der Waals surface area contributed by atoms with E-state index in [0.29, 0.717) is 12.2 Å². The van der Waals surface area contributed by atoms with Crippen molar-refractivity contribution in [1.29, 1.82) is 0 Å². The summed E-state index contributed by atoms with van der Waals surface area (Å²) >= 11 is 0. The van der Waals surface area contributed by atoms with Gasteiger partial charge in [-0.1, -0.05) is 13.3 Å². The molecule has 0 heterocycles. The lowest BCUT2D eigenvalue weighted by Crippen LogP contribution is -2.36. The van der Waals surface area contributed by atoms with Crippen LogP contribution in [-0.2, 0) is 4.74 Å². The molecular weight excluding hydrogens is 271 g/mol. The molecule has 116 valence electrons. The van der Waals surface area contributed by atoms with Gasteiger partial charge >= 0.3 is 5.97 Å². The molecule has 0 spiro atoms. The highest BCUT2D eigenvalue weighted by Crippen LogP contribution is 2.43. The molecule has 1 aromatic rings. The average molecular weight is 294 g/mol. The van der Waals surface area contributed by atoms with E-state index in [0.717, 1.165) is 19.3 Å². The van der Waals surface area contributed by atoms with E-state index in [1.807, 2.05) is 0 Å². The lowest BCUT2D eigenvalue weighted by molar-refractivity contribution is 0.0527. The summed E-state index contributed by atoms with van der Waals surface area (Å²) in [5, 5.41) is 3.13. The van der Waals surface area contributed by atoms with Gasteiger partial charge in [-0.2, -0.15) is 0 Å². The van der Waals surface area contributed by atoms with E-state index >= 15 is 0 Å². The van der Waals surface area contributed by atoms with E-state index < -0.39 is 11.8 Å². The monoisotopic (exact) mass is 294 g/mol. The normalized spacial score (nSPS) is 16.1. The summed E-state index contributed by atoms with van der Waals surface area (Å²) in [6.45, 7) is 4.85. The molecule has 3 N–H and O–H groups in total. The van der Waals surface area contributed by atoms with E-state index in [1.165, 1.54) is 18.6 Å². The van der Waals surface area contributed by atoms with Crippen LogP contribution in [0.1, 0.15) is 49.9 Å². The third-order valence-electron chi connectivity index (χ3n) is 4.45. The predicted molar refractivity (Wildman–Crippen MR) is 81.8 cm³/mol. The van der Waals surface area contributed by atoms with E-state index in [9.17, 15) is 9.18 Å². The van der Waals surface area contributed by atoms with Crippen LogP contribution < -0.4 is 11.1 Å². The number of anilines is 2. The smallest absolute Gasteiger partial charge is 0.340 e. The number of carbonyl (C=O) groups excluding carboxylic acids is 1. The van der Waals surface area contributed by atoms with Crippen LogP contribution in [0.5, 0.6) is 0 Å². The predicted octanol–water partition coefficient (Wildman–Crippen LogP) is 3.58. The molecule has 0 amide bonds. The van der Waals surface area contributed by atoms with Gasteiger partial charge in [0.15, 0.2) is 0 Å². The van der Waals surface area contributed by atoms with Crippen molar-refractivity contribution < 1.29 is 13.9 Å². The van der Waals surface area contributed by atoms with Gasteiger partial charge in [0.25, 0.3) is 0 Å². The lowest BCUT2D eigenvalue weighted by atomic mass is 9.67. The lowest BCUT2D eigenvalue weighted by Gasteiger charge is -2.41. The van der Waals surface area contributed by atoms with Crippen LogP contribution in [-0.4, -0.2) is 19.1 Å². The zero-order chi connectivity index (χ0) is 15.5. The number of carbonyl (C=O) groups is 1. The SMILES string of the molecule is CCOC(=O)c1cc(NCC2(CC)CCC2)c(F)cc1N. The van der Waals surface area contributed by atoms with Crippen LogP contribution in [0.3, 0.4) is 0 Å². The van der Waals surface area contributed by atoms with Crippen LogP contribution in [0.2, 0.25) is 0 Å². The van der Waals surface area contributed by atoms with Crippen LogP contribution in [0.25, 0.3) is 0 Å². The summed E-state index contributed by atoms with van der Waals surface area (Å²) < 4.78 is 18.9. The van der Waals surface area contributed by atoms with Crippen molar-refractivity contribution in [1.82, 2.24) is 0 Å². The van der Waals surface area contributed by atoms with E-state index in [4.69, 9.17) is 10.5 Å². The Morgan fingerprint density at radius 2 is 2.14 bits per heavy atom. The fourth-order valence-electron chi connectivity index (χ4n) is 2.72. The quantitative estimate of drug-likeness (QED) is 0.622. The van der Waals surface area contributed by atoms with Crippen molar-refractivity contribution in [2.75, 3.05) is 24.2 Å². The first kappa shape index (κ1) is 15.6. The number of hydrogen-bond donors (Lipinski definition) is 2. The number of rotatable bonds is 6. The molecule has 5 heteroatoms. The Labute approximate surface area is 124 Å². The Kier molecular flexibility index (Phi) is 4.70. The molecule has 0 saturated heterocycles. The number of esters is 1. The second kappa shape index (κ2) is 6.33. The molecule has 0 unspecified atom stereocenters. The second-order valence-corrected chi connectivity index (χ2v) is 5.70. The maximum atomic E-state index is 14.0. The number of nitrogens with two attached hydrogens (primary N) is 1. The molecule has 4 nitrogen and oxygen atoms in total. The largest absolute Gasteiger partial charge is 0.462 e. The van der Waals surface area contributed by atoms with Crippen LogP contribution >= 0.6 is 0 Å². The summed E-state index contributed by atoms with van der Waals surface area (Å²) in [5.74, 6) is -0.960. The number of ether oxygens (including phenoxy) is 1. The van der Waals surface area contributed by atoms with Crippen molar-refractivity contribution in [2.24, 2.45) is 5.41 Å². The zero-order valence-electron chi connectivity index (χ0n) is 12.7. The maximum absolute atomic E-state index is 14.0. The topological polar surface area (TPSA) is 64.3 Å². The molecule has 0 atom stereocenters. The van der Waals surface area contributed by atoms with Crippen molar-refractivity contribution >= 4 is 17.3 Å². The van der Waals surface area contributed by atoms with Gasteiger partial charge in [0.05, 0.1) is 17.9 Å². The average Bonchev–Trinajstić information content (AvgIpc) is 2.40. The summed E-state index contributed by atoms with van der Waals surface area (Å²) in [6, 6.07) is 2.62. The van der Waals surface area contributed by atoms with E-state index in [-0.39, 0.29) is 23.3 Å². The van der Waals surface area contributed by atoms with Gasteiger partial charge < -0.3 is 15.8 Å². The molecular formula is C16H23FN2O2. The van der Waals surface area contributed by atoms with Crippen molar-refractivity contribution in [3.8, 4) is 0 Å². The Balaban J connectivity index is 2.15. The number of benzene rings is 1. The van der Waals surface area contributed by atoms with Gasteiger partial charge in [-0.05, 0) is 43.7 Å². The first-order chi connectivity index (χ1) is 10.0. The van der Waals surface area contributed by atoms with Crippen LogP contribution in [0, 0.1) is 11.2 Å². The highest BCUT2D eigenvalue weighted by molar-refractivity contribution is 5.96. The molecule has 1 saturated carbocycles. The summed E-state index contributed by atoms with van der Waals surface area (Å²) in [5.41, 5.74) is 6.58. The number of nitrogen functional groups attached to an aromatic ring is 1. The van der Waals surface area contributed by atoms with Gasteiger partial charge in [-0.25, -0.2) is 9.18 Å². The minimum atomic E-state index is -0.521. The third kappa shape index (κ3) is 3.28. The molecule has 21 heavy (non-hydrogen) atoms. The molecule has 0 aliphatic heterocycles. The summed E-state index contributed by atoms with van der Waals surface area (Å²) in [4.78, 5) is 11.8. The van der Waals surface area contributed by atoms with E-state index in [1.54, 1.807) is 6.92 Å². The number of halogens is 1. The van der Waals surface area contributed by atoms with Gasteiger partial charge in [-0.15, -0.1) is 0 Å². The van der Waals surface area contributed by atoms with Gasteiger partial charge in [0, 0.05) is 12.2 Å². The van der Waals surface area contributed by atoms with E-state index in [2.05, 4.69) is 12.2 Å². The van der Waals surface area contributed by atoms with Crippen LogP contribution in [0.15, 0.2) is 12.1 Å². The summed E-state index contributed by atoms with van der Waals surface area (Å²) in [7, 11) is 0. The summed E-state index contributed by atoms with van der Waals surface area (Å²) in [6.07, 6.45) is 4.63. The highest BCUT2D eigenvalue weighted by Gasteiger charge is 2.34. The van der Waals surface area contributed by atoms with Crippen molar-refractivity contribution in [3.63, 3.8) is 0 Å². The Morgan fingerprint density at radius 1 is 1.43 bits per heavy atom. The first-order valence-corrected chi connectivity index (χ1v) is 7.51. The minimum Gasteiger partial charge on any atom is -0.462 e. The molecule has 2 rings (SSSR count). The molecule has 1 aromatic carbocycles. The number of hydrogen-bond acceptors (Lipinski definition) is 4. The standard InChI is InChI=1S/C16H23FN2O2/c1-3-16(6-5-7-16)10-19-14-8-11(15(20)21-4-2)13(18)9-12(14)17/h8-9,19H,3-7,10,18H2,1-2H3. The Morgan fingerprint density at radius 3 is 2.67 bits per heavy atom. The van der Waals surface area contributed by atoms with Gasteiger partial charge in [0.1, 0.15) is 5.82 Å². The molecule has 0 radical (unpaired) electrons. The molecule has 1 aliphatic carbocycles. The van der Waals surface area contributed by atoms with Crippen molar-refractivity contribution in [2.45, 2.75) is 39.5 Å². The second-order valence-electron chi connectivity index (χ2n) is 5.70. The van der Waals surface area contributed by atoms with Gasteiger partial charge in [0.2, 0.25) is 0 Å². The molecule has 0 aromatic heterocycles. The Bertz CT molecular complexity index is 522. The van der Waals surface area contributed by atoms with Crippen molar-refractivity contribution in [3.05, 3.63) is 23.5 Å². The Hall–Kier alpha value is -1.78. The molecule has 1 fully saturated rings. The molecule has 0 bridgehead atoms. The zero-order valence-corrected chi connectivity index (χ0v) is 12.7. The minimum absolute atomic E-state index is 0.102. The van der Waals surface area contributed by atoms with Crippen LogP contribution in [0.4, 0.5) is 15.8 Å². The first-order valence-electron chi connectivity index (χ1n) is 7.51. The maximum Gasteiger partial charge on any atom is 0.340 e. The number of nitrogens with one attached hydrogen (secondary N) is 1.